The van der Waals surface area contributed by atoms with E-state index in [1.54, 1.807) is 43.3 Å². The van der Waals surface area contributed by atoms with Crippen molar-refractivity contribution in [3.63, 3.8) is 0 Å². The summed E-state index contributed by atoms with van der Waals surface area (Å²) in [4.78, 5) is 16.2. The molecule has 44 heavy (non-hydrogen) atoms. The molecule has 1 saturated carbocycles. The van der Waals surface area contributed by atoms with Crippen molar-refractivity contribution in [2.45, 2.75) is 35.7 Å². The molecule has 3 atom stereocenters. The number of β-amino-alcohol motifs (C(OH)–C–C–N with tert-alkyl or cyclic N) is 1. The quantitative estimate of drug-likeness (QED) is 0.201. The number of alkyl halides is 4. The zero-order chi connectivity index (χ0) is 31.4. The van der Waals surface area contributed by atoms with Gasteiger partial charge in [0.2, 0.25) is 0 Å². The van der Waals surface area contributed by atoms with Gasteiger partial charge in [0.1, 0.15) is 0 Å². The molecule has 0 radical (unpaired) electrons. The number of nitrogens with one attached hydrogen (secondary N) is 2. The molecule has 3 aromatic rings. The molecule has 3 aliphatic rings. The number of pyridine rings is 1. The number of carbonyl (C=O) groups is 1. The molecule has 2 aliphatic heterocycles. The Balaban J connectivity index is 1.21. The Bertz CT molecular complexity index is 1660. The van der Waals surface area contributed by atoms with E-state index in [-0.39, 0.29) is 53.7 Å². The summed E-state index contributed by atoms with van der Waals surface area (Å²) < 4.78 is 62.9. The van der Waals surface area contributed by atoms with Crippen molar-refractivity contribution in [2.24, 2.45) is 5.92 Å². The van der Waals surface area contributed by atoms with Crippen LogP contribution in [-0.4, -0.2) is 115 Å². The maximum atomic E-state index is 15.1. The van der Waals surface area contributed by atoms with Crippen LogP contribution in [0.1, 0.15) is 29.4 Å². The monoisotopic (exact) mass is 680 g/mol. The maximum absolute atomic E-state index is 15.1. The van der Waals surface area contributed by atoms with Crippen LogP contribution in [0.4, 0.5) is 29.1 Å². The minimum atomic E-state index is -4.43. The number of amides is 1. The number of rotatable bonds is 7. The van der Waals surface area contributed by atoms with Gasteiger partial charge in [0.15, 0.2) is 0 Å². The summed E-state index contributed by atoms with van der Waals surface area (Å²) in [6.07, 6.45) is -0.468. The van der Waals surface area contributed by atoms with Crippen LogP contribution >= 0.6 is 0 Å². The van der Waals surface area contributed by atoms with E-state index in [0.717, 1.165) is 6.54 Å². The van der Waals surface area contributed by atoms with Gasteiger partial charge in [0, 0.05) is 0 Å². The number of ether oxygens (including phenoxy) is 1. The minimum absolute atomic E-state index is 0.0107. The second kappa shape index (κ2) is 11.1. The van der Waals surface area contributed by atoms with E-state index in [0.29, 0.717) is 29.2 Å². The van der Waals surface area contributed by atoms with Crippen molar-refractivity contribution in [1.82, 2.24) is 19.4 Å². The Kier molecular flexibility index (Phi) is 7.73. The summed E-state index contributed by atoms with van der Waals surface area (Å²) in [5.41, 5.74) is -0.379. The van der Waals surface area contributed by atoms with Gasteiger partial charge >= 0.3 is 228 Å². The van der Waals surface area contributed by atoms with Crippen LogP contribution in [0.2, 0.25) is 0 Å². The van der Waals surface area contributed by atoms with Crippen molar-refractivity contribution < 1.29 is 32.2 Å². The zero-order valence-electron chi connectivity index (χ0n) is 24.3. The molecule has 1 aromatic carbocycles. The van der Waals surface area contributed by atoms with E-state index in [2.05, 4.69) is 27.6 Å². The number of methoxy groups -OCH3 is 1. The Morgan fingerprint density at radius 3 is 2.70 bits per heavy atom. The van der Waals surface area contributed by atoms with Crippen LogP contribution in [0.5, 0.6) is 5.75 Å². The topological polar surface area (TPSA) is 94.4 Å². The number of hydrogen-bond donors (Lipinski definition) is 3. The predicted octanol–water partition coefficient (Wildman–Crippen LogP) is 2.32. The molecule has 1 amide bonds. The fourth-order valence-electron chi connectivity index (χ4n) is 6.10. The van der Waals surface area contributed by atoms with Gasteiger partial charge in [-0.3, -0.25) is 0 Å². The van der Waals surface area contributed by atoms with E-state index >= 15 is 4.39 Å². The Hall–Kier alpha value is -3.50. The predicted molar refractivity (Wildman–Crippen MR) is 158 cm³/mol. The molecule has 9 nitrogen and oxygen atoms in total. The van der Waals surface area contributed by atoms with Gasteiger partial charge in [-0.05, 0) is 6.92 Å². The second-order valence-corrected chi connectivity index (χ2v) is 14.2. The third-order valence-electron chi connectivity index (χ3n) is 8.28. The van der Waals surface area contributed by atoms with Crippen LogP contribution in [-0.2, 0) is 0 Å². The molecule has 14 heteroatoms. The van der Waals surface area contributed by atoms with Crippen LogP contribution in [0.15, 0.2) is 36.4 Å². The number of halogens is 4. The SMILES string of the molecule is COc1cc(C(=O)N2CC(C)(O)C2)ccc1NCC#Cc1nn2c(N[C@@]34C[C@@H]3CN(C)C[C@@H]4F)cccc2c1[Se]C(F)(F)F. The molecule has 3 fully saturated rings. The van der Waals surface area contributed by atoms with E-state index in [9.17, 15) is 23.1 Å². The Morgan fingerprint density at radius 1 is 1.25 bits per heavy atom. The first-order chi connectivity index (χ1) is 20.8. The first-order valence-electron chi connectivity index (χ1n) is 14.1. The molecule has 0 unspecified atom stereocenters. The summed E-state index contributed by atoms with van der Waals surface area (Å²) in [6.45, 7) is 3.27. The normalized spacial score (nSPS) is 24.1. The Labute approximate surface area is 258 Å². The van der Waals surface area contributed by atoms with Crippen LogP contribution in [0.3, 0.4) is 0 Å². The average molecular weight is 680 g/mol. The number of aliphatic hydroxyl groups is 1. The number of nitrogens with zero attached hydrogens (tertiary/aromatic N) is 4. The number of aromatic nitrogens is 2. The van der Waals surface area contributed by atoms with Crippen molar-refractivity contribution in [1.29, 1.82) is 0 Å². The number of carbonyl (C=O) groups excluding carboxylic acids is 1. The number of fused-ring (bicyclic) bond motifs is 2. The average Bonchev–Trinajstić information content (AvgIpc) is 3.54. The zero-order valence-corrected chi connectivity index (χ0v) is 26.0. The first-order valence-corrected chi connectivity index (χ1v) is 15.8. The van der Waals surface area contributed by atoms with E-state index in [1.165, 1.54) is 16.5 Å². The molecule has 2 saturated heterocycles. The summed E-state index contributed by atoms with van der Waals surface area (Å²) in [5.74, 6) is 6.38. The molecule has 6 rings (SSSR count). The molecule has 1 aliphatic carbocycles. The van der Waals surface area contributed by atoms with Crippen molar-refractivity contribution in [2.75, 3.05) is 57.5 Å². The number of hydrogen-bond acceptors (Lipinski definition) is 7. The van der Waals surface area contributed by atoms with Gasteiger partial charge in [0.05, 0.1) is 18.7 Å². The summed E-state index contributed by atoms with van der Waals surface area (Å²) in [7, 11) is 3.34. The standard InChI is InChI=1S/C30H32F4N6O3Se/c1-28(42)16-39(17-28)27(41)18-9-10-20(23(12-18)43-3)35-11-5-6-21-26(44-30(32,33)34)22-7-4-8-25(40(22)37-21)36-29-13-19(29)14-38(2)15-24(29)31/h4,7-10,12,19,24,35-36,42H,11,13-17H2,1-3H3/t19-,24+,29+/m1/s1. The summed E-state index contributed by atoms with van der Waals surface area (Å²) >= 11 is -1.91. The Morgan fingerprint density at radius 2 is 2.02 bits per heavy atom. The van der Waals surface area contributed by atoms with Crippen molar-refractivity contribution in [3.05, 3.63) is 47.7 Å². The molecule has 0 bridgehead atoms. The van der Waals surface area contributed by atoms with Gasteiger partial charge in [-0.2, -0.15) is 0 Å². The molecule has 4 heterocycles. The van der Waals surface area contributed by atoms with Gasteiger partial charge < -0.3 is 5.11 Å². The van der Waals surface area contributed by atoms with Gasteiger partial charge in [-0.25, -0.2) is 0 Å². The number of anilines is 2. The van der Waals surface area contributed by atoms with Crippen molar-refractivity contribution >= 4 is 42.3 Å². The second-order valence-electron chi connectivity index (χ2n) is 11.9. The third kappa shape index (κ3) is 5.94. The number of benzene rings is 1. The fraction of sp³-hybridized carbons (Fsp3) is 0.467. The fourth-order valence-corrected chi connectivity index (χ4v) is 7.52. The molecule has 0 spiro atoms. The van der Waals surface area contributed by atoms with E-state index in [4.69, 9.17) is 4.74 Å². The first kappa shape index (κ1) is 30.5. The van der Waals surface area contributed by atoms with Crippen molar-refractivity contribution in [3.8, 4) is 17.6 Å². The third-order valence-corrected chi connectivity index (χ3v) is 10.0. The molecule has 234 valence electrons. The van der Waals surface area contributed by atoms with E-state index < -0.39 is 37.3 Å². The van der Waals surface area contributed by atoms with Gasteiger partial charge in [-0.15, -0.1) is 0 Å². The van der Waals surface area contributed by atoms with E-state index in [1.807, 2.05) is 11.9 Å². The molecular formula is C30H32F4N6O3Se. The number of piperidine rings is 1. The molecule has 2 aromatic heterocycles. The summed E-state index contributed by atoms with van der Waals surface area (Å²) in [5, 5.41) is 16.3. The summed E-state index contributed by atoms with van der Waals surface area (Å²) in [6, 6.07) is 9.80. The van der Waals surface area contributed by atoms with Gasteiger partial charge in [-0.1, -0.05) is 0 Å². The molecular weight excluding hydrogens is 647 g/mol. The number of likely N-dealkylation sites (tertiary alicyclic amines) is 2. The molecule has 3 N–H and O–H groups in total. The van der Waals surface area contributed by atoms with Crippen LogP contribution < -0.4 is 19.8 Å². The van der Waals surface area contributed by atoms with Gasteiger partial charge in [0.25, 0.3) is 0 Å². The van der Waals surface area contributed by atoms with Crippen LogP contribution in [0, 0.1) is 17.8 Å². The van der Waals surface area contributed by atoms with Crippen LogP contribution in [0.25, 0.3) is 5.52 Å².